The Kier molecular flexibility index (Phi) is 3.14. The van der Waals surface area contributed by atoms with Gasteiger partial charge in [-0.2, -0.15) is 0 Å². The van der Waals surface area contributed by atoms with Gasteiger partial charge in [-0.05, 0) is 37.8 Å². The minimum atomic E-state index is 0.449. The second-order valence-electron chi connectivity index (χ2n) is 4.09. The Balaban J connectivity index is 2.05. The molecule has 15 heavy (non-hydrogen) atoms. The predicted octanol–water partition coefficient (Wildman–Crippen LogP) is 3.33. The topological polar surface area (TPSA) is 18.5 Å². The average Bonchev–Trinajstić information content (AvgIpc) is 3.03. The molecule has 1 aliphatic rings. The summed E-state index contributed by atoms with van der Waals surface area (Å²) in [5.41, 5.74) is 1.19. The molecule has 0 amide bonds. The van der Waals surface area contributed by atoms with E-state index in [0.29, 0.717) is 6.10 Å². The van der Waals surface area contributed by atoms with Gasteiger partial charge in [-0.1, -0.05) is 13.0 Å². The van der Waals surface area contributed by atoms with Gasteiger partial charge in [0.15, 0.2) is 0 Å². The van der Waals surface area contributed by atoms with Crippen LogP contribution in [0.1, 0.15) is 31.7 Å². The third kappa shape index (κ3) is 2.88. The van der Waals surface area contributed by atoms with Gasteiger partial charge < -0.3 is 9.47 Å². The molecule has 2 nitrogen and oxygen atoms in total. The lowest BCUT2D eigenvalue weighted by Gasteiger charge is -2.10. The van der Waals surface area contributed by atoms with Crippen molar-refractivity contribution in [2.24, 2.45) is 0 Å². The molecule has 1 aromatic carbocycles. The average molecular weight is 206 g/mol. The molecule has 0 spiro atoms. The maximum Gasteiger partial charge on any atom is 0.126 e. The van der Waals surface area contributed by atoms with Crippen LogP contribution >= 0.6 is 0 Å². The summed E-state index contributed by atoms with van der Waals surface area (Å²) in [5.74, 6) is 1.89. The second-order valence-corrected chi connectivity index (χ2v) is 4.09. The summed E-state index contributed by atoms with van der Waals surface area (Å²) in [5, 5.41) is 0. The number of benzene rings is 1. The highest BCUT2D eigenvalue weighted by Gasteiger charge is 2.24. The molecule has 1 aromatic rings. The van der Waals surface area contributed by atoms with E-state index in [4.69, 9.17) is 9.47 Å². The van der Waals surface area contributed by atoms with Gasteiger partial charge in [0, 0.05) is 6.07 Å². The van der Waals surface area contributed by atoms with E-state index >= 15 is 0 Å². The van der Waals surface area contributed by atoms with Crippen molar-refractivity contribution in [2.75, 3.05) is 6.61 Å². The minimum Gasteiger partial charge on any atom is -0.493 e. The Morgan fingerprint density at radius 2 is 2.13 bits per heavy atom. The fourth-order valence-corrected chi connectivity index (χ4v) is 1.38. The Labute approximate surface area is 91.2 Å². The van der Waals surface area contributed by atoms with Crippen LogP contribution in [0.25, 0.3) is 0 Å². The third-order valence-electron chi connectivity index (χ3n) is 2.45. The standard InChI is InChI=1S/C13H18O2/c1-3-8-14-12-5-4-10(2)13(9-12)15-11-6-7-11/h4-5,9,11H,3,6-8H2,1-2H3. The van der Waals surface area contributed by atoms with E-state index in [2.05, 4.69) is 19.9 Å². The molecule has 1 saturated carbocycles. The molecule has 1 aliphatic carbocycles. The summed E-state index contributed by atoms with van der Waals surface area (Å²) in [6.07, 6.45) is 3.87. The SMILES string of the molecule is CCCOc1ccc(C)c(OC2CC2)c1. The van der Waals surface area contributed by atoms with Gasteiger partial charge in [0.1, 0.15) is 11.5 Å². The van der Waals surface area contributed by atoms with E-state index in [0.717, 1.165) is 24.5 Å². The van der Waals surface area contributed by atoms with E-state index in [-0.39, 0.29) is 0 Å². The predicted molar refractivity (Wildman–Crippen MR) is 60.6 cm³/mol. The molecule has 0 radical (unpaired) electrons. The molecule has 2 heteroatoms. The van der Waals surface area contributed by atoms with Gasteiger partial charge >= 0.3 is 0 Å². The van der Waals surface area contributed by atoms with E-state index in [1.807, 2.05) is 12.1 Å². The van der Waals surface area contributed by atoms with E-state index in [1.54, 1.807) is 0 Å². The van der Waals surface area contributed by atoms with E-state index < -0.39 is 0 Å². The number of aryl methyl sites for hydroxylation is 1. The van der Waals surface area contributed by atoms with Crippen LogP contribution in [0.15, 0.2) is 18.2 Å². The van der Waals surface area contributed by atoms with E-state index in [1.165, 1.54) is 18.4 Å². The maximum atomic E-state index is 5.80. The lowest BCUT2D eigenvalue weighted by molar-refractivity contribution is 0.291. The Morgan fingerprint density at radius 1 is 1.33 bits per heavy atom. The summed E-state index contributed by atoms with van der Waals surface area (Å²) in [7, 11) is 0. The molecule has 0 aliphatic heterocycles. The van der Waals surface area contributed by atoms with Gasteiger partial charge in [0.2, 0.25) is 0 Å². The normalized spacial score (nSPS) is 15.1. The Hall–Kier alpha value is -1.18. The Bertz CT molecular complexity index is 329. The van der Waals surface area contributed by atoms with Crippen molar-refractivity contribution >= 4 is 0 Å². The van der Waals surface area contributed by atoms with Crippen LogP contribution in [0, 0.1) is 6.92 Å². The van der Waals surface area contributed by atoms with Crippen molar-refractivity contribution in [3.8, 4) is 11.5 Å². The summed E-state index contributed by atoms with van der Waals surface area (Å²) in [6, 6.07) is 6.07. The quantitative estimate of drug-likeness (QED) is 0.735. The van der Waals surface area contributed by atoms with Crippen LogP contribution in [0.4, 0.5) is 0 Å². The number of hydrogen-bond acceptors (Lipinski definition) is 2. The van der Waals surface area contributed by atoms with Crippen LogP contribution < -0.4 is 9.47 Å². The first-order valence-electron chi connectivity index (χ1n) is 5.69. The first-order chi connectivity index (χ1) is 7.29. The monoisotopic (exact) mass is 206 g/mol. The van der Waals surface area contributed by atoms with Crippen molar-refractivity contribution in [1.82, 2.24) is 0 Å². The molecule has 0 N–H and O–H groups in total. The summed E-state index contributed by atoms with van der Waals surface area (Å²) in [6.45, 7) is 4.95. The highest BCUT2D eigenvalue weighted by atomic mass is 16.5. The maximum absolute atomic E-state index is 5.80. The van der Waals surface area contributed by atoms with Crippen LogP contribution in [0.3, 0.4) is 0 Å². The number of hydrogen-bond donors (Lipinski definition) is 0. The fourth-order valence-electron chi connectivity index (χ4n) is 1.38. The molecule has 1 fully saturated rings. The fraction of sp³-hybridized carbons (Fsp3) is 0.538. The first-order valence-corrected chi connectivity index (χ1v) is 5.69. The molecule has 0 unspecified atom stereocenters. The first kappa shape index (κ1) is 10.3. The zero-order valence-electron chi connectivity index (χ0n) is 9.45. The lowest BCUT2D eigenvalue weighted by atomic mass is 10.2. The van der Waals surface area contributed by atoms with Gasteiger partial charge in [-0.25, -0.2) is 0 Å². The molecule has 0 heterocycles. The zero-order valence-corrected chi connectivity index (χ0v) is 9.45. The number of ether oxygens (including phenoxy) is 2. The van der Waals surface area contributed by atoms with Crippen LogP contribution in [-0.4, -0.2) is 12.7 Å². The summed E-state index contributed by atoms with van der Waals surface area (Å²) < 4.78 is 11.4. The second kappa shape index (κ2) is 4.56. The molecular weight excluding hydrogens is 188 g/mol. The molecule has 0 saturated heterocycles. The van der Waals surface area contributed by atoms with Gasteiger partial charge in [-0.3, -0.25) is 0 Å². The van der Waals surface area contributed by atoms with Crippen molar-refractivity contribution in [1.29, 1.82) is 0 Å². The number of rotatable bonds is 5. The lowest BCUT2D eigenvalue weighted by Crippen LogP contribution is -2.00. The van der Waals surface area contributed by atoms with Gasteiger partial charge in [0.25, 0.3) is 0 Å². The highest BCUT2D eigenvalue weighted by Crippen LogP contribution is 2.31. The smallest absolute Gasteiger partial charge is 0.126 e. The molecule has 0 atom stereocenters. The van der Waals surface area contributed by atoms with Crippen molar-refractivity contribution in [3.05, 3.63) is 23.8 Å². The minimum absolute atomic E-state index is 0.449. The molecule has 0 aromatic heterocycles. The molecule has 82 valence electrons. The van der Waals surface area contributed by atoms with Gasteiger partial charge in [-0.15, -0.1) is 0 Å². The van der Waals surface area contributed by atoms with Crippen LogP contribution in [0.5, 0.6) is 11.5 Å². The highest BCUT2D eigenvalue weighted by molar-refractivity contribution is 5.40. The van der Waals surface area contributed by atoms with E-state index in [9.17, 15) is 0 Å². The Morgan fingerprint density at radius 3 is 2.80 bits per heavy atom. The van der Waals surface area contributed by atoms with Crippen LogP contribution in [-0.2, 0) is 0 Å². The third-order valence-corrected chi connectivity index (χ3v) is 2.45. The van der Waals surface area contributed by atoms with Gasteiger partial charge in [0.05, 0.1) is 12.7 Å². The van der Waals surface area contributed by atoms with Crippen LogP contribution in [0.2, 0.25) is 0 Å². The van der Waals surface area contributed by atoms with Crippen molar-refractivity contribution in [2.45, 2.75) is 39.2 Å². The summed E-state index contributed by atoms with van der Waals surface area (Å²) >= 11 is 0. The summed E-state index contributed by atoms with van der Waals surface area (Å²) in [4.78, 5) is 0. The molecule has 0 bridgehead atoms. The van der Waals surface area contributed by atoms with Crippen molar-refractivity contribution in [3.63, 3.8) is 0 Å². The zero-order chi connectivity index (χ0) is 10.7. The molecule has 2 rings (SSSR count). The molecular formula is C13H18O2. The van der Waals surface area contributed by atoms with Crippen molar-refractivity contribution < 1.29 is 9.47 Å². The largest absolute Gasteiger partial charge is 0.493 e.